The van der Waals surface area contributed by atoms with Gasteiger partial charge in [-0.1, -0.05) is 11.6 Å². The molecule has 3 N–H and O–H groups in total. The molecule has 0 aromatic carbocycles. The van der Waals surface area contributed by atoms with Gasteiger partial charge in [-0.3, -0.25) is 11.3 Å². The summed E-state index contributed by atoms with van der Waals surface area (Å²) in [6, 6.07) is 1.42. The number of hydrogen-bond donors (Lipinski definition) is 2. The van der Waals surface area contributed by atoms with E-state index >= 15 is 0 Å². The van der Waals surface area contributed by atoms with Crippen LogP contribution in [0.1, 0.15) is 17.3 Å². The van der Waals surface area contributed by atoms with E-state index in [9.17, 15) is 13.2 Å². The molecule has 1 aromatic heterocycles. The molecule has 17 heavy (non-hydrogen) atoms. The molecule has 0 radical (unpaired) electrons. The first-order valence-electron chi connectivity index (χ1n) is 4.77. The summed E-state index contributed by atoms with van der Waals surface area (Å²) in [6.07, 6.45) is -3.97. The second-order valence-electron chi connectivity index (χ2n) is 3.31. The number of thiophene rings is 1. The van der Waals surface area contributed by atoms with E-state index in [0.29, 0.717) is 11.4 Å². The van der Waals surface area contributed by atoms with E-state index in [4.69, 9.17) is 17.4 Å². The third-order valence-electron chi connectivity index (χ3n) is 1.98. The standard InChI is InChI=1S/C9H12ClF3N2OS/c10-6-2-4-17-8(6)7(15-14)1-3-16-5-9(11,12)13/h2,4,7,15H,1,3,5,14H2. The third-order valence-corrected chi connectivity index (χ3v) is 3.45. The number of hydrazine groups is 1. The normalized spacial score (nSPS) is 13.9. The molecule has 98 valence electrons. The Hall–Kier alpha value is -0.340. The summed E-state index contributed by atoms with van der Waals surface area (Å²) >= 11 is 7.29. The molecule has 8 heteroatoms. The van der Waals surface area contributed by atoms with Gasteiger partial charge in [0.25, 0.3) is 0 Å². The summed E-state index contributed by atoms with van der Waals surface area (Å²) in [5.41, 5.74) is 2.51. The lowest BCUT2D eigenvalue weighted by atomic mass is 10.2. The predicted octanol–water partition coefficient (Wildman–Crippen LogP) is 2.87. The van der Waals surface area contributed by atoms with Crippen LogP contribution in [0, 0.1) is 0 Å². The van der Waals surface area contributed by atoms with E-state index in [1.165, 1.54) is 11.3 Å². The van der Waals surface area contributed by atoms with E-state index in [2.05, 4.69) is 10.2 Å². The minimum Gasteiger partial charge on any atom is -0.372 e. The van der Waals surface area contributed by atoms with Crippen LogP contribution in [0.2, 0.25) is 5.02 Å². The van der Waals surface area contributed by atoms with Crippen molar-refractivity contribution in [3.63, 3.8) is 0 Å². The van der Waals surface area contributed by atoms with Crippen molar-refractivity contribution in [2.45, 2.75) is 18.6 Å². The Morgan fingerprint density at radius 3 is 2.71 bits per heavy atom. The number of nitrogens with one attached hydrogen (secondary N) is 1. The molecular formula is C9H12ClF3N2OS. The zero-order valence-corrected chi connectivity index (χ0v) is 10.3. The summed E-state index contributed by atoms with van der Waals surface area (Å²) in [5, 5.41) is 2.34. The van der Waals surface area contributed by atoms with Crippen molar-refractivity contribution in [1.29, 1.82) is 0 Å². The van der Waals surface area contributed by atoms with Gasteiger partial charge in [0.1, 0.15) is 6.61 Å². The molecule has 0 aliphatic heterocycles. The van der Waals surface area contributed by atoms with E-state index in [1.807, 2.05) is 0 Å². The number of alkyl halides is 3. The fourth-order valence-corrected chi connectivity index (χ4v) is 2.52. The van der Waals surface area contributed by atoms with Crippen molar-refractivity contribution in [1.82, 2.24) is 5.43 Å². The van der Waals surface area contributed by atoms with Gasteiger partial charge in [-0.25, -0.2) is 0 Å². The highest BCUT2D eigenvalue weighted by Gasteiger charge is 2.27. The molecule has 1 unspecified atom stereocenters. The smallest absolute Gasteiger partial charge is 0.372 e. The molecule has 3 nitrogen and oxygen atoms in total. The van der Waals surface area contributed by atoms with Crippen molar-refractivity contribution in [3.05, 3.63) is 21.3 Å². The van der Waals surface area contributed by atoms with Crippen LogP contribution >= 0.6 is 22.9 Å². The van der Waals surface area contributed by atoms with Gasteiger partial charge in [0, 0.05) is 11.5 Å². The second-order valence-corrected chi connectivity index (χ2v) is 4.66. The van der Waals surface area contributed by atoms with Crippen molar-refractivity contribution in [2.75, 3.05) is 13.2 Å². The number of ether oxygens (including phenoxy) is 1. The molecule has 1 heterocycles. The maximum absolute atomic E-state index is 11.8. The Kier molecular flexibility index (Phi) is 5.68. The summed E-state index contributed by atoms with van der Waals surface area (Å²) in [5.74, 6) is 5.32. The maximum Gasteiger partial charge on any atom is 0.411 e. The molecule has 0 spiro atoms. The van der Waals surface area contributed by atoms with Gasteiger partial charge in [0.05, 0.1) is 11.1 Å². The topological polar surface area (TPSA) is 47.3 Å². The first-order valence-corrected chi connectivity index (χ1v) is 6.03. The molecule has 0 bridgehead atoms. The maximum atomic E-state index is 11.8. The lowest BCUT2D eigenvalue weighted by Crippen LogP contribution is -2.29. The van der Waals surface area contributed by atoms with Gasteiger partial charge in [-0.05, 0) is 17.9 Å². The molecule has 1 rings (SSSR count). The SMILES string of the molecule is NNC(CCOCC(F)(F)F)c1sccc1Cl. The number of nitrogens with two attached hydrogens (primary N) is 1. The predicted molar refractivity (Wildman–Crippen MR) is 60.9 cm³/mol. The molecular weight excluding hydrogens is 277 g/mol. The van der Waals surface area contributed by atoms with Gasteiger partial charge in [-0.15, -0.1) is 11.3 Å². The van der Waals surface area contributed by atoms with Crippen molar-refractivity contribution in [3.8, 4) is 0 Å². The summed E-state index contributed by atoms with van der Waals surface area (Å²) in [6.45, 7) is -1.29. The zero-order chi connectivity index (χ0) is 12.9. The lowest BCUT2D eigenvalue weighted by molar-refractivity contribution is -0.174. The highest BCUT2D eigenvalue weighted by Crippen LogP contribution is 2.30. The summed E-state index contributed by atoms with van der Waals surface area (Å²) < 4.78 is 40.0. The van der Waals surface area contributed by atoms with Crippen LogP contribution in [0.3, 0.4) is 0 Å². The van der Waals surface area contributed by atoms with E-state index < -0.39 is 12.8 Å². The van der Waals surface area contributed by atoms with Gasteiger partial charge >= 0.3 is 6.18 Å². The van der Waals surface area contributed by atoms with Crippen LogP contribution in [0.15, 0.2) is 11.4 Å². The molecule has 0 aliphatic rings. The average molecular weight is 289 g/mol. The minimum absolute atomic E-state index is 0.0391. The van der Waals surface area contributed by atoms with Gasteiger partial charge in [0.2, 0.25) is 0 Å². The highest BCUT2D eigenvalue weighted by atomic mass is 35.5. The molecule has 1 atom stereocenters. The first kappa shape index (κ1) is 14.7. The monoisotopic (exact) mass is 288 g/mol. The number of halogens is 4. The number of rotatable bonds is 6. The van der Waals surface area contributed by atoms with Crippen LogP contribution in [0.4, 0.5) is 13.2 Å². The third kappa shape index (κ3) is 5.22. The average Bonchev–Trinajstić information content (AvgIpc) is 2.63. The second kappa shape index (κ2) is 6.55. The Labute approximate surface area is 106 Å². The highest BCUT2D eigenvalue weighted by molar-refractivity contribution is 7.10. The van der Waals surface area contributed by atoms with Gasteiger partial charge < -0.3 is 4.74 Å². The lowest BCUT2D eigenvalue weighted by Gasteiger charge is -2.15. The fraction of sp³-hybridized carbons (Fsp3) is 0.556. The van der Waals surface area contributed by atoms with E-state index in [0.717, 1.165) is 4.88 Å². The molecule has 0 saturated heterocycles. The van der Waals surface area contributed by atoms with Crippen LogP contribution in [-0.2, 0) is 4.74 Å². The van der Waals surface area contributed by atoms with E-state index in [1.54, 1.807) is 11.4 Å². The molecule has 0 saturated carbocycles. The Bertz CT molecular complexity index is 345. The largest absolute Gasteiger partial charge is 0.411 e. The first-order chi connectivity index (χ1) is 7.94. The zero-order valence-electron chi connectivity index (χ0n) is 8.76. The molecule has 0 amide bonds. The quantitative estimate of drug-likeness (QED) is 0.481. The van der Waals surface area contributed by atoms with Gasteiger partial charge in [0.15, 0.2) is 0 Å². The Morgan fingerprint density at radius 1 is 1.53 bits per heavy atom. The number of hydrogen-bond acceptors (Lipinski definition) is 4. The van der Waals surface area contributed by atoms with Crippen LogP contribution in [-0.4, -0.2) is 19.4 Å². The fourth-order valence-electron chi connectivity index (χ4n) is 1.23. The van der Waals surface area contributed by atoms with Crippen molar-refractivity contribution < 1.29 is 17.9 Å². The minimum atomic E-state index is -4.30. The van der Waals surface area contributed by atoms with Crippen molar-refractivity contribution >= 4 is 22.9 Å². The molecule has 1 aromatic rings. The van der Waals surface area contributed by atoms with E-state index in [-0.39, 0.29) is 12.6 Å². The molecule has 0 aliphatic carbocycles. The summed E-state index contributed by atoms with van der Waals surface area (Å²) in [4.78, 5) is 0.796. The van der Waals surface area contributed by atoms with Crippen LogP contribution in [0.25, 0.3) is 0 Å². The Balaban J connectivity index is 2.37. The van der Waals surface area contributed by atoms with Crippen molar-refractivity contribution in [2.24, 2.45) is 5.84 Å². The van der Waals surface area contributed by atoms with Crippen LogP contribution in [0.5, 0.6) is 0 Å². The summed E-state index contributed by atoms with van der Waals surface area (Å²) in [7, 11) is 0. The molecule has 0 fully saturated rings. The Morgan fingerprint density at radius 2 is 2.24 bits per heavy atom. The van der Waals surface area contributed by atoms with Gasteiger partial charge in [-0.2, -0.15) is 13.2 Å². The van der Waals surface area contributed by atoms with Crippen LogP contribution < -0.4 is 11.3 Å².